The van der Waals surface area contributed by atoms with E-state index in [1.165, 1.54) is 38.9 Å². The molecule has 1 saturated carbocycles. The van der Waals surface area contributed by atoms with Crippen LogP contribution in [0.3, 0.4) is 0 Å². The molecule has 2 fully saturated rings. The van der Waals surface area contributed by atoms with Crippen LogP contribution in [0.2, 0.25) is 0 Å². The highest BCUT2D eigenvalue weighted by molar-refractivity contribution is 5.05. The van der Waals surface area contributed by atoms with Crippen molar-refractivity contribution in [2.75, 3.05) is 19.6 Å². The molecule has 2 nitrogen and oxygen atoms in total. The molecule has 2 aliphatic rings. The van der Waals surface area contributed by atoms with Crippen molar-refractivity contribution in [2.24, 2.45) is 17.8 Å². The summed E-state index contributed by atoms with van der Waals surface area (Å²) in [5, 5.41) is 3.84. The first-order valence-electron chi connectivity index (χ1n) is 7.95. The average molecular weight is 252 g/mol. The Balaban J connectivity index is 2.05. The van der Waals surface area contributed by atoms with Crippen molar-refractivity contribution in [1.82, 2.24) is 10.2 Å². The van der Waals surface area contributed by atoms with Gasteiger partial charge in [-0.15, -0.1) is 0 Å². The van der Waals surface area contributed by atoms with Gasteiger partial charge in [0.05, 0.1) is 0 Å². The molecule has 0 radical (unpaired) electrons. The predicted octanol–water partition coefficient (Wildman–Crippen LogP) is 3.13. The minimum absolute atomic E-state index is 0.425. The quantitative estimate of drug-likeness (QED) is 0.809. The van der Waals surface area contributed by atoms with Gasteiger partial charge in [0, 0.05) is 31.2 Å². The molecule has 0 aromatic heterocycles. The molecule has 2 heteroatoms. The van der Waals surface area contributed by atoms with Crippen LogP contribution in [0.4, 0.5) is 0 Å². The fourth-order valence-corrected chi connectivity index (χ4v) is 3.46. The third-order valence-electron chi connectivity index (χ3n) is 5.23. The molecule has 0 aromatic carbocycles. The first kappa shape index (κ1) is 14.3. The van der Waals surface area contributed by atoms with Crippen molar-refractivity contribution in [3.63, 3.8) is 0 Å². The maximum absolute atomic E-state index is 3.84. The largest absolute Gasteiger partial charge is 0.311 e. The van der Waals surface area contributed by atoms with Gasteiger partial charge in [0.15, 0.2) is 0 Å². The molecule has 0 spiro atoms. The molecule has 2 rings (SSSR count). The molecular formula is C16H32N2. The van der Waals surface area contributed by atoms with Crippen molar-refractivity contribution in [3.05, 3.63) is 0 Å². The van der Waals surface area contributed by atoms with Crippen LogP contribution in [0.1, 0.15) is 53.9 Å². The summed E-state index contributed by atoms with van der Waals surface area (Å²) in [5.41, 5.74) is 0.425. The van der Waals surface area contributed by atoms with Crippen LogP contribution in [0.15, 0.2) is 0 Å². The van der Waals surface area contributed by atoms with E-state index in [4.69, 9.17) is 0 Å². The van der Waals surface area contributed by atoms with E-state index in [0.29, 0.717) is 11.6 Å². The van der Waals surface area contributed by atoms with Gasteiger partial charge in [0.1, 0.15) is 0 Å². The van der Waals surface area contributed by atoms with E-state index >= 15 is 0 Å². The number of rotatable bonds is 5. The Morgan fingerprint density at radius 2 is 1.94 bits per heavy atom. The Bertz CT molecular complexity index is 272. The fourth-order valence-electron chi connectivity index (χ4n) is 3.46. The average Bonchev–Trinajstić information content (AvgIpc) is 3.14. The van der Waals surface area contributed by atoms with E-state index in [1.54, 1.807) is 0 Å². The molecule has 0 bridgehead atoms. The van der Waals surface area contributed by atoms with Gasteiger partial charge < -0.3 is 5.32 Å². The van der Waals surface area contributed by atoms with Gasteiger partial charge in [-0.2, -0.15) is 0 Å². The Kier molecular flexibility index (Phi) is 4.38. The van der Waals surface area contributed by atoms with Crippen LogP contribution < -0.4 is 5.32 Å². The van der Waals surface area contributed by atoms with E-state index in [2.05, 4.69) is 44.8 Å². The second-order valence-electron chi connectivity index (χ2n) is 7.30. The zero-order valence-electron chi connectivity index (χ0n) is 13.0. The van der Waals surface area contributed by atoms with Gasteiger partial charge in [-0.25, -0.2) is 0 Å². The second-order valence-corrected chi connectivity index (χ2v) is 7.30. The Labute approximate surface area is 114 Å². The standard InChI is InChI=1S/C16H32N2/c1-6-13(4)15-10-18(9-12(2)3)16(5,11-17-15)14-7-8-14/h12-15,17H,6-11H2,1-5H3. The summed E-state index contributed by atoms with van der Waals surface area (Å²) in [6.45, 7) is 15.6. The Morgan fingerprint density at radius 1 is 1.28 bits per heavy atom. The van der Waals surface area contributed by atoms with Crippen molar-refractivity contribution >= 4 is 0 Å². The van der Waals surface area contributed by atoms with Crippen LogP contribution in [-0.4, -0.2) is 36.1 Å². The summed E-state index contributed by atoms with van der Waals surface area (Å²) < 4.78 is 0. The van der Waals surface area contributed by atoms with Gasteiger partial charge in [-0.3, -0.25) is 4.90 Å². The molecule has 106 valence electrons. The lowest BCUT2D eigenvalue weighted by atomic mass is 9.85. The summed E-state index contributed by atoms with van der Waals surface area (Å²) in [5.74, 6) is 2.52. The highest BCUT2D eigenvalue weighted by Crippen LogP contribution is 2.44. The van der Waals surface area contributed by atoms with Crippen LogP contribution >= 0.6 is 0 Å². The van der Waals surface area contributed by atoms with E-state index < -0.39 is 0 Å². The van der Waals surface area contributed by atoms with Crippen LogP contribution in [0.5, 0.6) is 0 Å². The number of nitrogens with one attached hydrogen (secondary N) is 1. The molecule has 1 saturated heterocycles. The maximum Gasteiger partial charge on any atom is 0.0334 e. The minimum Gasteiger partial charge on any atom is -0.311 e. The monoisotopic (exact) mass is 252 g/mol. The normalized spacial score (nSPS) is 36.0. The van der Waals surface area contributed by atoms with Crippen molar-refractivity contribution in [2.45, 2.75) is 65.5 Å². The second kappa shape index (κ2) is 5.50. The van der Waals surface area contributed by atoms with Crippen molar-refractivity contribution in [1.29, 1.82) is 0 Å². The maximum atomic E-state index is 3.84. The zero-order chi connectivity index (χ0) is 13.3. The lowest BCUT2D eigenvalue weighted by molar-refractivity contribution is 0.0148. The SMILES string of the molecule is CCC(C)C1CN(CC(C)C)C(C)(C2CC2)CN1. The number of nitrogens with zero attached hydrogens (tertiary/aromatic N) is 1. The molecule has 18 heavy (non-hydrogen) atoms. The van der Waals surface area contributed by atoms with Gasteiger partial charge >= 0.3 is 0 Å². The topological polar surface area (TPSA) is 15.3 Å². The van der Waals surface area contributed by atoms with Crippen LogP contribution in [-0.2, 0) is 0 Å². The van der Waals surface area contributed by atoms with E-state index in [9.17, 15) is 0 Å². The summed E-state index contributed by atoms with van der Waals surface area (Å²) in [6.07, 6.45) is 4.18. The van der Waals surface area contributed by atoms with E-state index in [0.717, 1.165) is 17.8 Å². The highest BCUT2D eigenvalue weighted by Gasteiger charge is 2.48. The lowest BCUT2D eigenvalue weighted by Crippen LogP contribution is -2.66. The molecular weight excluding hydrogens is 220 g/mol. The first-order valence-corrected chi connectivity index (χ1v) is 7.95. The van der Waals surface area contributed by atoms with E-state index in [1.807, 2.05) is 0 Å². The van der Waals surface area contributed by atoms with Gasteiger partial charge in [-0.05, 0) is 37.5 Å². The number of hydrogen-bond donors (Lipinski definition) is 1. The third-order valence-corrected chi connectivity index (χ3v) is 5.23. The summed E-state index contributed by atoms with van der Waals surface area (Å²) >= 11 is 0. The molecule has 1 N–H and O–H groups in total. The summed E-state index contributed by atoms with van der Waals surface area (Å²) in [7, 11) is 0. The first-order chi connectivity index (χ1) is 8.47. The predicted molar refractivity (Wildman–Crippen MR) is 78.8 cm³/mol. The van der Waals surface area contributed by atoms with Crippen molar-refractivity contribution in [3.8, 4) is 0 Å². The molecule has 1 aliphatic carbocycles. The van der Waals surface area contributed by atoms with Gasteiger partial charge in [0.2, 0.25) is 0 Å². The number of hydrogen-bond acceptors (Lipinski definition) is 2. The van der Waals surface area contributed by atoms with Crippen LogP contribution in [0, 0.1) is 17.8 Å². The molecule has 0 amide bonds. The van der Waals surface area contributed by atoms with Crippen LogP contribution in [0.25, 0.3) is 0 Å². The summed E-state index contributed by atoms with van der Waals surface area (Å²) in [4.78, 5) is 2.81. The Morgan fingerprint density at radius 3 is 2.44 bits per heavy atom. The fraction of sp³-hybridized carbons (Fsp3) is 1.00. The lowest BCUT2D eigenvalue weighted by Gasteiger charge is -2.50. The van der Waals surface area contributed by atoms with Gasteiger partial charge in [0.25, 0.3) is 0 Å². The zero-order valence-corrected chi connectivity index (χ0v) is 13.0. The molecule has 3 atom stereocenters. The highest BCUT2D eigenvalue weighted by atomic mass is 15.3. The van der Waals surface area contributed by atoms with Gasteiger partial charge in [-0.1, -0.05) is 34.1 Å². The number of piperazine rings is 1. The van der Waals surface area contributed by atoms with Crippen molar-refractivity contribution < 1.29 is 0 Å². The van der Waals surface area contributed by atoms with E-state index in [-0.39, 0.29) is 0 Å². The molecule has 1 heterocycles. The molecule has 3 unspecified atom stereocenters. The molecule has 0 aromatic rings. The molecule has 1 aliphatic heterocycles. The smallest absolute Gasteiger partial charge is 0.0334 e. The summed E-state index contributed by atoms with van der Waals surface area (Å²) in [6, 6.07) is 0.695. The Hall–Kier alpha value is -0.0800. The third kappa shape index (κ3) is 2.91. The minimum atomic E-state index is 0.425.